The fourth-order valence-electron chi connectivity index (χ4n) is 2.59. The van der Waals surface area contributed by atoms with E-state index in [0.29, 0.717) is 18.1 Å². The first kappa shape index (κ1) is 12.3. The van der Waals surface area contributed by atoms with Gasteiger partial charge in [-0.15, -0.1) is 0 Å². The van der Waals surface area contributed by atoms with Crippen LogP contribution in [-0.4, -0.2) is 15.1 Å². The van der Waals surface area contributed by atoms with Gasteiger partial charge in [0.2, 0.25) is 5.89 Å². The Morgan fingerprint density at radius 1 is 1.21 bits per heavy atom. The van der Waals surface area contributed by atoms with Crippen LogP contribution in [0.5, 0.6) is 0 Å². The Balaban J connectivity index is 1.76. The van der Waals surface area contributed by atoms with Crippen molar-refractivity contribution in [3.05, 3.63) is 41.8 Å². The van der Waals surface area contributed by atoms with Crippen LogP contribution in [0.15, 0.2) is 28.9 Å². The zero-order chi connectivity index (χ0) is 13.1. The van der Waals surface area contributed by atoms with Crippen molar-refractivity contribution < 1.29 is 4.52 Å². The molecule has 0 aliphatic heterocycles. The number of nitrogens with two attached hydrogens (primary N) is 1. The summed E-state index contributed by atoms with van der Waals surface area (Å²) in [6.07, 6.45) is 7.72. The summed E-state index contributed by atoms with van der Waals surface area (Å²) >= 11 is 0. The zero-order valence-electron chi connectivity index (χ0n) is 10.9. The summed E-state index contributed by atoms with van der Waals surface area (Å²) in [6.45, 7) is 0. The van der Waals surface area contributed by atoms with E-state index in [9.17, 15) is 0 Å². The van der Waals surface area contributed by atoms with Crippen LogP contribution in [0.2, 0.25) is 0 Å². The van der Waals surface area contributed by atoms with Crippen LogP contribution < -0.4 is 5.73 Å². The maximum absolute atomic E-state index is 6.38. The Hall–Kier alpha value is -1.75. The van der Waals surface area contributed by atoms with Gasteiger partial charge in [0, 0.05) is 11.9 Å². The normalized spacial score (nSPS) is 18.4. The minimum atomic E-state index is -0.423. The van der Waals surface area contributed by atoms with Crippen molar-refractivity contribution in [2.45, 2.75) is 44.1 Å². The third-order valence-electron chi connectivity index (χ3n) is 3.71. The molecule has 2 aromatic rings. The first-order valence-corrected chi connectivity index (χ1v) is 6.78. The lowest BCUT2D eigenvalue weighted by Crippen LogP contribution is -2.39. The van der Waals surface area contributed by atoms with Gasteiger partial charge in [0.15, 0.2) is 5.82 Å². The van der Waals surface area contributed by atoms with Crippen molar-refractivity contribution in [3.8, 4) is 0 Å². The topological polar surface area (TPSA) is 77.8 Å². The number of hydrogen-bond acceptors (Lipinski definition) is 5. The minimum absolute atomic E-state index is 0.423. The van der Waals surface area contributed by atoms with E-state index in [1.54, 1.807) is 6.20 Å². The van der Waals surface area contributed by atoms with Gasteiger partial charge >= 0.3 is 0 Å². The van der Waals surface area contributed by atoms with E-state index in [2.05, 4.69) is 15.1 Å². The summed E-state index contributed by atoms with van der Waals surface area (Å²) < 4.78 is 5.37. The molecule has 0 amide bonds. The van der Waals surface area contributed by atoms with Crippen molar-refractivity contribution in [3.63, 3.8) is 0 Å². The maximum atomic E-state index is 6.38. The molecular weight excluding hydrogens is 240 g/mol. The molecule has 2 heterocycles. The Morgan fingerprint density at radius 2 is 2.05 bits per heavy atom. The number of rotatable bonds is 3. The summed E-state index contributed by atoms with van der Waals surface area (Å²) in [7, 11) is 0. The quantitative estimate of drug-likeness (QED) is 0.912. The summed E-state index contributed by atoms with van der Waals surface area (Å²) in [5.41, 5.74) is 6.89. The Kier molecular flexibility index (Phi) is 3.29. The predicted molar refractivity (Wildman–Crippen MR) is 70.3 cm³/mol. The summed E-state index contributed by atoms with van der Waals surface area (Å²) in [4.78, 5) is 8.72. The van der Waals surface area contributed by atoms with Gasteiger partial charge in [0.1, 0.15) is 0 Å². The molecule has 0 saturated heterocycles. The number of pyridine rings is 1. The summed E-state index contributed by atoms with van der Waals surface area (Å²) in [6, 6.07) is 5.80. The monoisotopic (exact) mass is 258 g/mol. The van der Waals surface area contributed by atoms with Crippen LogP contribution in [0.4, 0.5) is 0 Å². The van der Waals surface area contributed by atoms with Crippen LogP contribution in [-0.2, 0) is 12.0 Å². The van der Waals surface area contributed by atoms with Crippen molar-refractivity contribution in [1.82, 2.24) is 15.1 Å². The molecule has 0 aromatic carbocycles. The molecule has 0 radical (unpaired) electrons. The second kappa shape index (κ2) is 5.09. The van der Waals surface area contributed by atoms with Crippen LogP contribution in [0.3, 0.4) is 0 Å². The van der Waals surface area contributed by atoms with E-state index >= 15 is 0 Å². The Bertz CT molecular complexity index is 531. The van der Waals surface area contributed by atoms with Crippen LogP contribution in [0.1, 0.15) is 49.5 Å². The van der Waals surface area contributed by atoms with E-state index in [1.807, 2.05) is 18.2 Å². The van der Waals surface area contributed by atoms with Gasteiger partial charge in [-0.3, -0.25) is 4.98 Å². The first-order chi connectivity index (χ1) is 9.26. The van der Waals surface area contributed by atoms with Crippen LogP contribution in [0.25, 0.3) is 0 Å². The standard InChI is InChI=1S/C14H18N4O/c15-14(7-3-1-4-8-14)13-17-12(18-19-13)10-11-6-2-5-9-16-11/h2,5-6,9H,1,3-4,7-8,10,15H2. The molecule has 1 saturated carbocycles. The minimum Gasteiger partial charge on any atom is -0.337 e. The molecule has 2 aromatic heterocycles. The lowest BCUT2D eigenvalue weighted by molar-refractivity contribution is 0.219. The average molecular weight is 258 g/mol. The highest BCUT2D eigenvalue weighted by atomic mass is 16.5. The molecule has 100 valence electrons. The van der Waals surface area contributed by atoms with Crippen molar-refractivity contribution >= 4 is 0 Å². The highest BCUT2D eigenvalue weighted by Crippen LogP contribution is 2.33. The van der Waals surface area contributed by atoms with Gasteiger partial charge in [0.25, 0.3) is 0 Å². The molecule has 3 rings (SSSR count). The fourth-order valence-corrected chi connectivity index (χ4v) is 2.59. The SMILES string of the molecule is NC1(c2nc(Cc3ccccn3)no2)CCCCC1. The highest BCUT2D eigenvalue weighted by Gasteiger charge is 2.35. The second-order valence-electron chi connectivity index (χ2n) is 5.23. The average Bonchev–Trinajstić information content (AvgIpc) is 2.90. The molecule has 1 aliphatic rings. The molecular formula is C14H18N4O. The molecule has 1 aliphatic carbocycles. The molecule has 2 N–H and O–H groups in total. The van der Waals surface area contributed by atoms with E-state index in [-0.39, 0.29) is 0 Å². The zero-order valence-corrected chi connectivity index (χ0v) is 10.9. The molecule has 19 heavy (non-hydrogen) atoms. The lowest BCUT2D eigenvalue weighted by atomic mass is 9.82. The van der Waals surface area contributed by atoms with Gasteiger partial charge in [0.05, 0.1) is 12.0 Å². The summed E-state index contributed by atoms with van der Waals surface area (Å²) in [5, 5.41) is 4.03. The van der Waals surface area contributed by atoms with E-state index in [4.69, 9.17) is 10.3 Å². The van der Waals surface area contributed by atoms with Gasteiger partial charge in [-0.2, -0.15) is 4.98 Å². The van der Waals surface area contributed by atoms with Gasteiger partial charge < -0.3 is 10.3 Å². The molecule has 1 fully saturated rings. The van der Waals surface area contributed by atoms with Gasteiger partial charge in [-0.1, -0.05) is 30.5 Å². The molecule has 0 unspecified atom stereocenters. The second-order valence-corrected chi connectivity index (χ2v) is 5.23. The molecule has 0 atom stereocenters. The molecule has 5 nitrogen and oxygen atoms in total. The number of hydrogen-bond donors (Lipinski definition) is 1. The molecule has 0 spiro atoms. The highest BCUT2D eigenvalue weighted by molar-refractivity contribution is 5.11. The molecule has 5 heteroatoms. The predicted octanol–water partition coefficient (Wildman–Crippen LogP) is 2.17. The molecule has 0 bridgehead atoms. The third-order valence-corrected chi connectivity index (χ3v) is 3.71. The maximum Gasteiger partial charge on any atom is 0.246 e. The van der Waals surface area contributed by atoms with E-state index in [0.717, 1.165) is 31.4 Å². The first-order valence-electron chi connectivity index (χ1n) is 6.78. The Morgan fingerprint density at radius 3 is 2.79 bits per heavy atom. The van der Waals surface area contributed by atoms with Crippen molar-refractivity contribution in [2.24, 2.45) is 5.73 Å². The van der Waals surface area contributed by atoms with Crippen LogP contribution >= 0.6 is 0 Å². The Labute approximate surface area is 112 Å². The van der Waals surface area contributed by atoms with E-state index < -0.39 is 5.54 Å². The smallest absolute Gasteiger partial charge is 0.246 e. The third kappa shape index (κ3) is 2.66. The van der Waals surface area contributed by atoms with Crippen molar-refractivity contribution in [2.75, 3.05) is 0 Å². The lowest BCUT2D eigenvalue weighted by Gasteiger charge is -2.29. The van der Waals surface area contributed by atoms with Crippen LogP contribution in [0, 0.1) is 0 Å². The van der Waals surface area contributed by atoms with E-state index in [1.165, 1.54) is 6.42 Å². The van der Waals surface area contributed by atoms with Gasteiger partial charge in [-0.25, -0.2) is 0 Å². The number of nitrogens with zero attached hydrogens (tertiary/aromatic N) is 3. The van der Waals surface area contributed by atoms with Gasteiger partial charge in [-0.05, 0) is 25.0 Å². The number of aromatic nitrogens is 3. The fraction of sp³-hybridized carbons (Fsp3) is 0.500. The van der Waals surface area contributed by atoms with Crippen molar-refractivity contribution in [1.29, 1.82) is 0 Å². The summed E-state index contributed by atoms with van der Waals surface area (Å²) in [5.74, 6) is 1.24. The largest absolute Gasteiger partial charge is 0.337 e.